The minimum absolute atomic E-state index is 0.339. The van der Waals surface area contributed by atoms with Crippen LogP contribution in [0.1, 0.15) is 20.3 Å². The Morgan fingerprint density at radius 1 is 1.24 bits per heavy atom. The third-order valence-electron chi connectivity index (χ3n) is 4.24. The number of anilines is 1. The van der Waals surface area contributed by atoms with Gasteiger partial charge >= 0.3 is 0 Å². The largest absolute Gasteiger partial charge is 0.388 e. The fraction of sp³-hybridized carbons (Fsp3) is 0.600. The zero-order valence-electron chi connectivity index (χ0n) is 13.0. The second-order valence-corrected chi connectivity index (χ2v) is 7.24. The van der Waals surface area contributed by atoms with Crippen LogP contribution in [0.5, 0.6) is 0 Å². The van der Waals surface area contributed by atoms with Gasteiger partial charge in [-0.05, 0) is 43.8 Å². The van der Waals surface area contributed by atoms with Gasteiger partial charge in [-0.15, -0.1) is 0 Å². The van der Waals surface area contributed by atoms with Crippen molar-refractivity contribution < 1.29 is 8.42 Å². The molecule has 0 aromatic heterocycles. The van der Waals surface area contributed by atoms with Crippen molar-refractivity contribution in [2.45, 2.75) is 31.2 Å². The van der Waals surface area contributed by atoms with Gasteiger partial charge in [0.25, 0.3) is 0 Å². The van der Waals surface area contributed by atoms with Crippen molar-refractivity contribution >= 4 is 15.7 Å². The van der Waals surface area contributed by atoms with Gasteiger partial charge in [-0.1, -0.05) is 13.8 Å². The summed E-state index contributed by atoms with van der Waals surface area (Å²) in [5.74, 6) is 0. The molecule has 1 N–H and O–H groups in total. The second kappa shape index (κ2) is 6.77. The first-order valence-corrected chi connectivity index (χ1v) is 8.99. The van der Waals surface area contributed by atoms with Gasteiger partial charge in [-0.3, -0.25) is 4.90 Å². The van der Waals surface area contributed by atoms with Crippen LogP contribution in [0.3, 0.4) is 0 Å². The van der Waals surface area contributed by atoms with Gasteiger partial charge in [0.15, 0.2) is 0 Å². The van der Waals surface area contributed by atoms with Crippen molar-refractivity contribution in [3.05, 3.63) is 24.3 Å². The molecule has 1 fully saturated rings. The first-order valence-electron chi connectivity index (χ1n) is 7.55. The van der Waals surface area contributed by atoms with Gasteiger partial charge in [-0.2, -0.15) is 4.31 Å². The van der Waals surface area contributed by atoms with Gasteiger partial charge in [0.05, 0.1) is 4.90 Å². The molecule has 0 spiro atoms. The smallest absolute Gasteiger partial charge is 0.243 e. The van der Waals surface area contributed by atoms with Gasteiger partial charge < -0.3 is 5.32 Å². The molecule has 1 atom stereocenters. The van der Waals surface area contributed by atoms with Crippen LogP contribution in [-0.4, -0.2) is 56.9 Å². The van der Waals surface area contributed by atoms with Crippen molar-refractivity contribution in [3.8, 4) is 0 Å². The lowest BCUT2D eigenvalue weighted by atomic mass is 10.2. The number of hydrogen-bond acceptors (Lipinski definition) is 4. The summed E-state index contributed by atoms with van der Waals surface area (Å²) in [7, 11) is -1.55. The van der Waals surface area contributed by atoms with Gasteiger partial charge in [0.2, 0.25) is 10.0 Å². The van der Waals surface area contributed by atoms with E-state index in [0.717, 1.165) is 25.2 Å². The molecule has 0 saturated carbocycles. The molecule has 1 aliphatic heterocycles. The van der Waals surface area contributed by atoms with Crippen LogP contribution < -0.4 is 5.32 Å². The number of nitrogens with zero attached hydrogens (tertiary/aromatic N) is 2. The van der Waals surface area contributed by atoms with Crippen LogP contribution in [0.2, 0.25) is 0 Å². The molecule has 21 heavy (non-hydrogen) atoms. The molecule has 1 aliphatic rings. The van der Waals surface area contributed by atoms with Crippen LogP contribution in [0.4, 0.5) is 5.69 Å². The number of hydrogen-bond donors (Lipinski definition) is 1. The number of nitrogens with one attached hydrogen (secondary N) is 1. The summed E-state index contributed by atoms with van der Waals surface area (Å²) < 4.78 is 26.9. The zero-order chi connectivity index (χ0) is 15.5. The fourth-order valence-electron chi connectivity index (χ4n) is 2.91. The average Bonchev–Trinajstić information content (AvgIpc) is 2.99. The molecule has 5 nitrogen and oxygen atoms in total. The summed E-state index contributed by atoms with van der Waals surface area (Å²) >= 11 is 0. The Kier molecular flexibility index (Phi) is 5.24. The van der Waals surface area contributed by atoms with E-state index in [1.807, 2.05) is 7.05 Å². The molecule has 1 saturated heterocycles. The first-order chi connectivity index (χ1) is 10.0. The predicted molar refractivity (Wildman–Crippen MR) is 86.1 cm³/mol. The van der Waals surface area contributed by atoms with Crippen molar-refractivity contribution in [1.82, 2.24) is 9.21 Å². The first kappa shape index (κ1) is 16.3. The monoisotopic (exact) mass is 311 g/mol. The normalized spacial score (nSPS) is 20.1. The molecule has 1 aromatic rings. The molecule has 0 bridgehead atoms. The fourth-order valence-corrected chi connectivity index (χ4v) is 4.40. The highest BCUT2D eigenvalue weighted by atomic mass is 32.2. The SMILES string of the molecule is CCN(CC)C1CCN(S(=O)(=O)c2ccc(NC)cc2)C1. The van der Waals surface area contributed by atoms with Crippen molar-refractivity contribution in [3.63, 3.8) is 0 Å². The summed E-state index contributed by atoms with van der Waals surface area (Å²) in [4.78, 5) is 2.71. The summed E-state index contributed by atoms with van der Waals surface area (Å²) in [6.07, 6.45) is 0.912. The number of likely N-dealkylation sites (N-methyl/N-ethyl adjacent to an activating group) is 1. The Morgan fingerprint density at radius 2 is 1.86 bits per heavy atom. The third-order valence-corrected chi connectivity index (χ3v) is 6.12. The topological polar surface area (TPSA) is 52.7 Å². The molecule has 118 valence electrons. The van der Waals surface area contributed by atoms with Crippen LogP contribution in [-0.2, 0) is 10.0 Å². The van der Waals surface area contributed by atoms with Gasteiger partial charge in [0, 0.05) is 31.9 Å². The van der Waals surface area contributed by atoms with Gasteiger partial charge in [0.1, 0.15) is 0 Å². The second-order valence-electron chi connectivity index (χ2n) is 5.30. The molecule has 6 heteroatoms. The Bertz CT molecular complexity index is 553. The summed E-state index contributed by atoms with van der Waals surface area (Å²) in [6, 6.07) is 7.28. The lowest BCUT2D eigenvalue weighted by Crippen LogP contribution is -2.38. The Balaban J connectivity index is 2.13. The highest BCUT2D eigenvalue weighted by molar-refractivity contribution is 7.89. The number of sulfonamides is 1. The molecular weight excluding hydrogens is 286 g/mol. The predicted octanol–water partition coefficient (Wildman–Crippen LogP) is 1.83. The van der Waals surface area contributed by atoms with E-state index in [9.17, 15) is 8.42 Å². The van der Waals surface area contributed by atoms with Crippen molar-refractivity contribution in [2.24, 2.45) is 0 Å². The maximum absolute atomic E-state index is 12.7. The Morgan fingerprint density at radius 3 is 2.38 bits per heavy atom. The Labute approximate surface area is 128 Å². The molecule has 0 amide bonds. The van der Waals surface area contributed by atoms with Crippen LogP contribution in [0.25, 0.3) is 0 Å². The minimum atomic E-state index is -3.37. The minimum Gasteiger partial charge on any atom is -0.388 e. The van der Waals surface area contributed by atoms with Crippen molar-refractivity contribution in [2.75, 3.05) is 38.5 Å². The molecule has 1 heterocycles. The van der Waals surface area contributed by atoms with Crippen LogP contribution in [0, 0.1) is 0 Å². The summed E-state index contributed by atoms with van der Waals surface area (Å²) in [6.45, 7) is 7.38. The maximum Gasteiger partial charge on any atom is 0.243 e. The van der Waals surface area contributed by atoms with Crippen LogP contribution >= 0.6 is 0 Å². The standard InChI is InChI=1S/C15H25N3O2S/c1-4-17(5-2)14-10-11-18(12-14)21(19,20)15-8-6-13(16-3)7-9-15/h6-9,14,16H,4-5,10-12H2,1-3H3. The number of benzene rings is 1. The lowest BCUT2D eigenvalue weighted by Gasteiger charge is -2.26. The lowest BCUT2D eigenvalue weighted by molar-refractivity contribution is 0.224. The van der Waals surface area contributed by atoms with E-state index in [0.29, 0.717) is 24.0 Å². The van der Waals surface area contributed by atoms with E-state index in [2.05, 4.69) is 24.1 Å². The highest BCUT2D eigenvalue weighted by Gasteiger charge is 2.34. The zero-order valence-corrected chi connectivity index (χ0v) is 13.9. The van der Waals surface area contributed by atoms with Crippen LogP contribution in [0.15, 0.2) is 29.2 Å². The summed E-state index contributed by atoms with van der Waals surface area (Å²) in [5.41, 5.74) is 0.913. The van der Waals surface area contributed by atoms with E-state index in [-0.39, 0.29) is 0 Å². The van der Waals surface area contributed by atoms with Crippen molar-refractivity contribution in [1.29, 1.82) is 0 Å². The molecular formula is C15H25N3O2S. The van der Waals surface area contributed by atoms with Gasteiger partial charge in [-0.25, -0.2) is 8.42 Å². The van der Waals surface area contributed by atoms with E-state index in [4.69, 9.17) is 0 Å². The molecule has 1 unspecified atom stereocenters. The highest BCUT2D eigenvalue weighted by Crippen LogP contribution is 2.24. The quantitative estimate of drug-likeness (QED) is 0.871. The molecule has 0 radical (unpaired) electrons. The van der Waals surface area contributed by atoms with E-state index in [1.54, 1.807) is 28.6 Å². The van der Waals surface area contributed by atoms with E-state index in [1.165, 1.54) is 0 Å². The average molecular weight is 311 g/mol. The molecule has 1 aromatic carbocycles. The molecule has 0 aliphatic carbocycles. The maximum atomic E-state index is 12.7. The summed E-state index contributed by atoms with van der Waals surface area (Å²) in [5, 5.41) is 3.00. The molecule has 2 rings (SSSR count). The third kappa shape index (κ3) is 3.39. The Hall–Kier alpha value is -1.11. The number of rotatable bonds is 6. The van der Waals surface area contributed by atoms with E-state index < -0.39 is 10.0 Å². The van der Waals surface area contributed by atoms with E-state index >= 15 is 0 Å².